The van der Waals surface area contributed by atoms with Crippen LogP contribution in [0.15, 0.2) is 86.8 Å². The highest BCUT2D eigenvalue weighted by molar-refractivity contribution is 9.10. The van der Waals surface area contributed by atoms with E-state index in [1.165, 1.54) is 0 Å². The maximum absolute atomic E-state index is 12.6. The molecule has 2 aromatic heterocycles. The molecule has 0 saturated heterocycles. The second-order valence-electron chi connectivity index (χ2n) is 7.86. The number of carbonyl (C=O) groups is 1. The molecule has 0 unspecified atom stereocenters. The number of rotatable bonds is 5. The van der Waals surface area contributed by atoms with Crippen LogP contribution in [0.3, 0.4) is 0 Å². The summed E-state index contributed by atoms with van der Waals surface area (Å²) in [5.74, 6) is -0.231. The van der Waals surface area contributed by atoms with E-state index in [2.05, 4.69) is 37.1 Å². The number of fused-ring (bicyclic) bond motifs is 2. The van der Waals surface area contributed by atoms with Gasteiger partial charge in [0.2, 0.25) is 0 Å². The van der Waals surface area contributed by atoms with Gasteiger partial charge in [-0.15, -0.1) is 0 Å². The average Bonchev–Trinajstić information content (AvgIpc) is 3.39. The molecule has 0 spiro atoms. The number of nitrogens with zero attached hydrogens (tertiary/aromatic N) is 3. The number of halogens is 1. The zero-order valence-corrected chi connectivity index (χ0v) is 19.8. The predicted molar refractivity (Wildman–Crippen MR) is 136 cm³/mol. The lowest BCUT2D eigenvalue weighted by Crippen LogP contribution is -2.16. The Labute approximate surface area is 204 Å². The summed E-state index contributed by atoms with van der Waals surface area (Å²) in [5, 5.41) is 15.5. The van der Waals surface area contributed by atoms with Crippen LogP contribution in [-0.2, 0) is 6.54 Å². The van der Waals surface area contributed by atoms with Crippen LogP contribution in [-0.4, -0.2) is 16.7 Å². The second-order valence-corrected chi connectivity index (χ2v) is 8.78. The highest BCUT2D eigenvalue weighted by Crippen LogP contribution is 2.26. The number of amides is 1. The van der Waals surface area contributed by atoms with Crippen molar-refractivity contribution in [1.29, 1.82) is 5.26 Å². The van der Waals surface area contributed by atoms with Gasteiger partial charge in [-0.3, -0.25) is 4.79 Å². The van der Waals surface area contributed by atoms with Crippen molar-refractivity contribution in [2.45, 2.75) is 13.5 Å². The molecule has 2 heterocycles. The molecule has 5 aromatic rings. The second kappa shape index (κ2) is 9.00. The van der Waals surface area contributed by atoms with E-state index in [4.69, 9.17) is 4.42 Å². The fraction of sp³-hybridized carbons (Fsp3) is 0.0741. The number of furan rings is 1. The Balaban J connectivity index is 1.44. The minimum Gasteiger partial charge on any atom is -0.451 e. The monoisotopic (exact) mass is 510 g/mol. The molecule has 166 valence electrons. The normalized spacial score (nSPS) is 11.3. The highest BCUT2D eigenvalue weighted by atomic mass is 79.9. The fourth-order valence-electron chi connectivity index (χ4n) is 4.10. The smallest absolute Gasteiger partial charge is 0.307 e. The van der Waals surface area contributed by atoms with Gasteiger partial charge >= 0.3 is 5.91 Å². The minimum absolute atomic E-state index is 0.192. The SMILES string of the molecule is Cc1c(/C=N/NC(=O)c2cc3cc(Br)ccc3o2)c2ccccc2n1Cc1ccccc1C#N. The Morgan fingerprint density at radius 1 is 1.15 bits per heavy atom. The Morgan fingerprint density at radius 2 is 1.94 bits per heavy atom. The standard InChI is InChI=1S/C27H19BrN4O2/c1-17-23(15-30-31-27(33)26-13-20-12-21(28)10-11-25(20)34-26)22-8-4-5-9-24(22)32(17)16-19-7-3-2-6-18(19)14-29/h2-13,15H,16H2,1H3,(H,31,33)/b30-15+. The van der Waals surface area contributed by atoms with Gasteiger partial charge in [0.1, 0.15) is 5.58 Å². The van der Waals surface area contributed by atoms with E-state index in [0.717, 1.165) is 37.6 Å². The molecule has 0 aliphatic carbocycles. The van der Waals surface area contributed by atoms with Gasteiger partial charge in [0.15, 0.2) is 5.76 Å². The lowest BCUT2D eigenvalue weighted by atomic mass is 10.1. The molecule has 1 amide bonds. The Bertz CT molecular complexity index is 1620. The van der Waals surface area contributed by atoms with Crippen molar-refractivity contribution in [3.63, 3.8) is 0 Å². The molecule has 34 heavy (non-hydrogen) atoms. The summed E-state index contributed by atoms with van der Waals surface area (Å²) in [4.78, 5) is 12.6. The zero-order chi connectivity index (χ0) is 23.7. The van der Waals surface area contributed by atoms with Crippen LogP contribution >= 0.6 is 15.9 Å². The minimum atomic E-state index is -0.423. The van der Waals surface area contributed by atoms with E-state index in [9.17, 15) is 10.1 Å². The number of para-hydroxylation sites is 1. The lowest BCUT2D eigenvalue weighted by molar-refractivity contribution is 0.0929. The van der Waals surface area contributed by atoms with Crippen LogP contribution in [0, 0.1) is 18.3 Å². The number of nitrogens with one attached hydrogen (secondary N) is 1. The van der Waals surface area contributed by atoms with Crippen LogP contribution < -0.4 is 5.43 Å². The van der Waals surface area contributed by atoms with Crippen LogP contribution in [0.4, 0.5) is 0 Å². The molecule has 3 aromatic carbocycles. The van der Waals surface area contributed by atoms with Crippen molar-refractivity contribution in [2.24, 2.45) is 5.10 Å². The van der Waals surface area contributed by atoms with Crippen molar-refractivity contribution in [3.05, 3.63) is 105 Å². The molecule has 5 rings (SSSR count). The van der Waals surface area contributed by atoms with Crippen LogP contribution in [0.25, 0.3) is 21.9 Å². The van der Waals surface area contributed by atoms with Gasteiger partial charge in [0.25, 0.3) is 0 Å². The van der Waals surface area contributed by atoms with Crippen molar-refractivity contribution in [3.8, 4) is 6.07 Å². The van der Waals surface area contributed by atoms with E-state index in [1.807, 2.05) is 73.7 Å². The molecule has 0 fully saturated rings. The summed E-state index contributed by atoms with van der Waals surface area (Å²) >= 11 is 3.42. The molecule has 7 heteroatoms. The topological polar surface area (TPSA) is 83.3 Å². The molecule has 0 radical (unpaired) electrons. The number of hydrazone groups is 1. The van der Waals surface area contributed by atoms with E-state index < -0.39 is 5.91 Å². The maximum Gasteiger partial charge on any atom is 0.307 e. The van der Waals surface area contributed by atoms with Crippen LogP contribution in [0.5, 0.6) is 0 Å². The van der Waals surface area contributed by atoms with E-state index in [1.54, 1.807) is 12.3 Å². The van der Waals surface area contributed by atoms with Gasteiger partial charge in [-0.05, 0) is 48.9 Å². The molecule has 0 bridgehead atoms. The zero-order valence-electron chi connectivity index (χ0n) is 18.2. The van der Waals surface area contributed by atoms with Crippen molar-refractivity contribution < 1.29 is 9.21 Å². The number of benzene rings is 3. The van der Waals surface area contributed by atoms with Crippen molar-refractivity contribution >= 4 is 49.9 Å². The van der Waals surface area contributed by atoms with Gasteiger partial charge in [-0.25, -0.2) is 5.43 Å². The quantitative estimate of drug-likeness (QED) is 0.227. The number of hydrogen-bond acceptors (Lipinski definition) is 4. The fourth-order valence-corrected chi connectivity index (χ4v) is 4.48. The average molecular weight is 511 g/mol. The maximum atomic E-state index is 12.6. The summed E-state index contributed by atoms with van der Waals surface area (Å²) in [6.45, 7) is 2.57. The summed E-state index contributed by atoms with van der Waals surface area (Å²) < 4.78 is 8.71. The van der Waals surface area contributed by atoms with Gasteiger partial charge in [-0.1, -0.05) is 52.3 Å². The third-order valence-corrected chi connectivity index (χ3v) is 6.30. The Morgan fingerprint density at radius 3 is 2.79 bits per heavy atom. The Kier molecular flexibility index (Phi) is 5.74. The largest absolute Gasteiger partial charge is 0.451 e. The summed E-state index contributed by atoms with van der Waals surface area (Å²) in [6.07, 6.45) is 1.65. The van der Waals surface area contributed by atoms with Gasteiger partial charge in [0.05, 0.1) is 17.8 Å². The predicted octanol–water partition coefficient (Wildman–Crippen LogP) is 6.14. The van der Waals surface area contributed by atoms with E-state index in [0.29, 0.717) is 17.7 Å². The van der Waals surface area contributed by atoms with Crippen molar-refractivity contribution in [1.82, 2.24) is 9.99 Å². The van der Waals surface area contributed by atoms with Crippen LogP contribution in [0.2, 0.25) is 0 Å². The third-order valence-electron chi connectivity index (χ3n) is 5.81. The molecule has 0 aliphatic heterocycles. The number of carbonyl (C=O) groups excluding carboxylic acids is 1. The first-order chi connectivity index (χ1) is 16.5. The molecule has 0 atom stereocenters. The molecular formula is C27H19BrN4O2. The van der Waals surface area contributed by atoms with E-state index in [-0.39, 0.29) is 5.76 Å². The lowest BCUT2D eigenvalue weighted by Gasteiger charge is -2.10. The first kappa shape index (κ1) is 21.7. The van der Waals surface area contributed by atoms with Gasteiger partial charge < -0.3 is 8.98 Å². The number of aromatic nitrogens is 1. The summed E-state index contributed by atoms with van der Waals surface area (Å²) in [7, 11) is 0. The van der Waals surface area contributed by atoms with Gasteiger partial charge in [-0.2, -0.15) is 10.4 Å². The van der Waals surface area contributed by atoms with Crippen molar-refractivity contribution in [2.75, 3.05) is 0 Å². The molecule has 1 N–H and O–H groups in total. The van der Waals surface area contributed by atoms with Gasteiger partial charge in [0, 0.05) is 38.6 Å². The molecule has 0 aliphatic rings. The molecule has 0 saturated carbocycles. The highest BCUT2D eigenvalue weighted by Gasteiger charge is 2.15. The van der Waals surface area contributed by atoms with Crippen LogP contribution in [0.1, 0.15) is 32.9 Å². The van der Waals surface area contributed by atoms with E-state index >= 15 is 0 Å². The number of hydrogen-bond donors (Lipinski definition) is 1. The number of nitriles is 1. The Hall–Kier alpha value is -4.15. The molecule has 6 nitrogen and oxygen atoms in total. The third kappa shape index (κ3) is 4.00. The molecular weight excluding hydrogens is 492 g/mol. The first-order valence-electron chi connectivity index (χ1n) is 10.6. The first-order valence-corrected chi connectivity index (χ1v) is 11.4. The summed E-state index contributed by atoms with van der Waals surface area (Å²) in [5.41, 5.74) is 7.72. The summed E-state index contributed by atoms with van der Waals surface area (Å²) in [6, 6.07) is 25.1.